The maximum atomic E-state index is 13.7. The second-order valence-corrected chi connectivity index (χ2v) is 8.94. The Morgan fingerprint density at radius 3 is 2.41 bits per heavy atom. The van der Waals surface area contributed by atoms with Gasteiger partial charge in [-0.25, -0.2) is 4.99 Å². The number of rotatable bonds is 5. The number of nitrogens with two attached hydrogens (primary N) is 1. The van der Waals surface area contributed by atoms with E-state index in [9.17, 15) is 4.79 Å². The van der Waals surface area contributed by atoms with Crippen molar-refractivity contribution in [2.75, 3.05) is 21.3 Å². The number of carbonyl (C=O) groups excluding carboxylic acids is 1. The minimum absolute atomic E-state index is 0.154. The number of guanidine groups is 1. The fraction of sp³-hybridized carbons (Fsp3) is 0.286. The summed E-state index contributed by atoms with van der Waals surface area (Å²) >= 11 is 0. The lowest BCUT2D eigenvalue weighted by Gasteiger charge is -2.29. The molecule has 34 heavy (non-hydrogen) atoms. The second-order valence-electron chi connectivity index (χ2n) is 8.94. The predicted octanol–water partition coefficient (Wildman–Crippen LogP) is 3.90. The number of likely N-dealkylation sites (N-methyl/N-ethyl adjacent to an activating group) is 1. The minimum Gasteiger partial charge on any atom is -0.497 e. The highest BCUT2D eigenvalue weighted by molar-refractivity contribution is 6.09. The number of ether oxygens (including phenoxy) is 2. The molecule has 0 bridgehead atoms. The van der Waals surface area contributed by atoms with Gasteiger partial charge in [0.15, 0.2) is 11.5 Å². The van der Waals surface area contributed by atoms with Gasteiger partial charge >= 0.3 is 0 Å². The summed E-state index contributed by atoms with van der Waals surface area (Å²) in [5, 5.41) is 0. The van der Waals surface area contributed by atoms with Crippen molar-refractivity contribution in [2.24, 2.45) is 10.7 Å². The summed E-state index contributed by atoms with van der Waals surface area (Å²) in [5.74, 6) is 0.841. The largest absolute Gasteiger partial charge is 0.497 e. The first-order chi connectivity index (χ1) is 16.5. The van der Waals surface area contributed by atoms with E-state index in [1.54, 1.807) is 21.3 Å². The van der Waals surface area contributed by atoms with Crippen LogP contribution in [0, 0.1) is 0 Å². The summed E-state index contributed by atoms with van der Waals surface area (Å²) in [6, 6.07) is 22.1. The molecule has 6 nitrogen and oxygen atoms in total. The van der Waals surface area contributed by atoms with Crippen molar-refractivity contribution >= 4 is 11.9 Å². The summed E-state index contributed by atoms with van der Waals surface area (Å²) in [6.45, 7) is 0. The molecule has 1 aliphatic carbocycles. The summed E-state index contributed by atoms with van der Waals surface area (Å²) in [4.78, 5) is 20.0. The molecule has 3 aromatic carbocycles. The molecule has 0 radical (unpaired) electrons. The highest BCUT2D eigenvalue weighted by Crippen LogP contribution is 2.42. The van der Waals surface area contributed by atoms with E-state index >= 15 is 0 Å². The summed E-state index contributed by atoms with van der Waals surface area (Å²) in [7, 11) is 5.09. The Labute approximate surface area is 200 Å². The van der Waals surface area contributed by atoms with Gasteiger partial charge in [-0.3, -0.25) is 9.69 Å². The zero-order valence-electron chi connectivity index (χ0n) is 19.7. The second kappa shape index (κ2) is 8.61. The van der Waals surface area contributed by atoms with Crippen LogP contribution in [-0.2, 0) is 27.9 Å². The average molecular weight is 456 g/mol. The van der Waals surface area contributed by atoms with Gasteiger partial charge in [0.25, 0.3) is 5.91 Å². The number of aliphatic imine (C=N–C) groups is 1. The van der Waals surface area contributed by atoms with E-state index in [-0.39, 0.29) is 18.0 Å². The molecule has 5 rings (SSSR count). The Balaban J connectivity index is 1.65. The normalized spacial score (nSPS) is 21.9. The number of carbonyl (C=O) groups is 1. The molecule has 0 aromatic heterocycles. The molecular weight excluding hydrogens is 426 g/mol. The maximum Gasteiger partial charge on any atom is 0.266 e. The summed E-state index contributed by atoms with van der Waals surface area (Å²) < 4.78 is 11.0. The van der Waals surface area contributed by atoms with Gasteiger partial charge < -0.3 is 15.2 Å². The monoisotopic (exact) mass is 455 g/mol. The molecule has 0 saturated heterocycles. The lowest BCUT2D eigenvalue weighted by molar-refractivity contribution is -0.129. The number of amides is 1. The van der Waals surface area contributed by atoms with Crippen molar-refractivity contribution in [3.8, 4) is 16.9 Å². The van der Waals surface area contributed by atoms with Gasteiger partial charge in [0, 0.05) is 14.2 Å². The molecule has 1 amide bonds. The molecular formula is C28H29N3O3. The van der Waals surface area contributed by atoms with Gasteiger partial charge in [-0.05, 0) is 70.8 Å². The van der Waals surface area contributed by atoms with Gasteiger partial charge in [-0.1, -0.05) is 48.5 Å². The fourth-order valence-corrected chi connectivity index (χ4v) is 5.06. The van der Waals surface area contributed by atoms with Crippen LogP contribution < -0.4 is 10.5 Å². The third kappa shape index (κ3) is 3.55. The summed E-state index contributed by atoms with van der Waals surface area (Å²) in [5.41, 5.74) is 11.1. The smallest absolute Gasteiger partial charge is 0.266 e. The number of benzene rings is 3. The molecule has 2 unspecified atom stereocenters. The van der Waals surface area contributed by atoms with Crippen molar-refractivity contribution in [2.45, 2.75) is 30.9 Å². The van der Waals surface area contributed by atoms with Gasteiger partial charge in [0.2, 0.25) is 0 Å². The van der Waals surface area contributed by atoms with E-state index in [1.807, 2.05) is 54.6 Å². The third-order valence-corrected chi connectivity index (χ3v) is 7.06. The van der Waals surface area contributed by atoms with Crippen LogP contribution in [0.15, 0.2) is 71.7 Å². The quantitative estimate of drug-likeness (QED) is 0.633. The molecule has 6 heteroatoms. The molecule has 174 valence electrons. The van der Waals surface area contributed by atoms with E-state index in [0.29, 0.717) is 0 Å². The highest BCUT2D eigenvalue weighted by atomic mass is 16.5. The van der Waals surface area contributed by atoms with Gasteiger partial charge in [0.1, 0.15) is 5.75 Å². The topological polar surface area (TPSA) is 77.2 Å². The van der Waals surface area contributed by atoms with Crippen molar-refractivity contribution in [3.05, 3.63) is 89.0 Å². The molecule has 0 saturated carbocycles. The van der Waals surface area contributed by atoms with Crippen LogP contribution in [0.5, 0.6) is 5.75 Å². The lowest BCUT2D eigenvalue weighted by Crippen LogP contribution is -2.41. The molecule has 3 aromatic rings. The third-order valence-electron chi connectivity index (χ3n) is 7.06. The number of fused-ring (bicyclic) bond motifs is 1. The SMILES string of the molecule is COc1cccc(-c2cccc(C3(c4ccc5c(c4)CCC(OC)C5)N=C(N)N(C)C3=O)c2)c1. The standard InChI is InChI=1S/C28H29N3O3/c1-31-26(32)28(30-27(31)29,23-12-10-21-17-25(34-3)13-11-20(21)15-23)22-8-4-6-18(14-22)19-7-5-9-24(16-19)33-2/h4-10,12,14-16,25H,11,13,17H2,1-3H3,(H2,29,30). The minimum atomic E-state index is -1.22. The van der Waals surface area contributed by atoms with Crippen molar-refractivity contribution in [1.29, 1.82) is 0 Å². The fourth-order valence-electron chi connectivity index (χ4n) is 5.06. The van der Waals surface area contributed by atoms with Crippen LogP contribution in [0.4, 0.5) is 0 Å². The number of nitrogens with zero attached hydrogens (tertiary/aromatic N) is 2. The van der Waals surface area contributed by atoms with Crippen LogP contribution >= 0.6 is 0 Å². The number of hydrogen-bond donors (Lipinski definition) is 1. The lowest BCUT2D eigenvalue weighted by atomic mass is 9.79. The Morgan fingerprint density at radius 1 is 0.971 bits per heavy atom. The number of methoxy groups -OCH3 is 2. The van der Waals surface area contributed by atoms with E-state index in [2.05, 4.69) is 12.1 Å². The zero-order valence-corrected chi connectivity index (χ0v) is 19.7. The molecule has 1 heterocycles. The van der Waals surface area contributed by atoms with Crippen LogP contribution in [0.2, 0.25) is 0 Å². The van der Waals surface area contributed by atoms with E-state index in [0.717, 1.165) is 47.3 Å². The summed E-state index contributed by atoms with van der Waals surface area (Å²) in [6.07, 6.45) is 2.98. The van der Waals surface area contributed by atoms with Gasteiger partial charge in [-0.2, -0.15) is 0 Å². The van der Waals surface area contributed by atoms with Crippen LogP contribution in [0.1, 0.15) is 28.7 Å². The predicted molar refractivity (Wildman–Crippen MR) is 133 cm³/mol. The van der Waals surface area contributed by atoms with Crippen LogP contribution in [-0.4, -0.2) is 44.1 Å². The average Bonchev–Trinajstić information content (AvgIpc) is 3.12. The first-order valence-electron chi connectivity index (χ1n) is 11.5. The first kappa shape index (κ1) is 22.2. The molecule has 1 aliphatic heterocycles. The van der Waals surface area contributed by atoms with E-state index < -0.39 is 5.54 Å². The van der Waals surface area contributed by atoms with Crippen molar-refractivity contribution in [1.82, 2.24) is 4.90 Å². The van der Waals surface area contributed by atoms with Gasteiger partial charge in [0.05, 0.1) is 13.2 Å². The number of aryl methyl sites for hydroxylation is 1. The Bertz CT molecular complexity index is 1290. The molecule has 0 fully saturated rings. The molecule has 0 spiro atoms. The van der Waals surface area contributed by atoms with E-state index in [4.69, 9.17) is 20.2 Å². The zero-order chi connectivity index (χ0) is 23.9. The first-order valence-corrected chi connectivity index (χ1v) is 11.5. The van der Waals surface area contributed by atoms with Crippen LogP contribution in [0.3, 0.4) is 0 Å². The Morgan fingerprint density at radius 2 is 1.71 bits per heavy atom. The van der Waals surface area contributed by atoms with E-state index in [1.165, 1.54) is 16.0 Å². The Kier molecular flexibility index (Phi) is 5.62. The molecule has 2 N–H and O–H groups in total. The Hall–Kier alpha value is -3.64. The van der Waals surface area contributed by atoms with Gasteiger partial charge in [-0.15, -0.1) is 0 Å². The maximum absolute atomic E-state index is 13.7. The van der Waals surface area contributed by atoms with Crippen LogP contribution in [0.25, 0.3) is 11.1 Å². The van der Waals surface area contributed by atoms with Crippen molar-refractivity contribution in [3.63, 3.8) is 0 Å². The number of hydrogen-bond acceptors (Lipinski definition) is 5. The molecule has 2 aliphatic rings. The molecule has 2 atom stereocenters. The van der Waals surface area contributed by atoms with Crippen molar-refractivity contribution < 1.29 is 14.3 Å². The highest BCUT2D eigenvalue weighted by Gasteiger charge is 2.49.